The summed E-state index contributed by atoms with van der Waals surface area (Å²) in [4.78, 5) is 13.9. The van der Waals surface area contributed by atoms with Crippen molar-refractivity contribution in [2.45, 2.75) is 58.1 Å². The predicted molar refractivity (Wildman–Crippen MR) is 156 cm³/mol. The van der Waals surface area contributed by atoms with Crippen LogP contribution in [0.15, 0.2) is 91.0 Å². The second kappa shape index (κ2) is 16.1. The number of ketones is 1. The Hall–Kier alpha value is -2.68. The van der Waals surface area contributed by atoms with Gasteiger partial charge in [0.15, 0.2) is 5.78 Å². The summed E-state index contributed by atoms with van der Waals surface area (Å²) < 4.78 is 49.4. The second-order valence-electron chi connectivity index (χ2n) is 9.67. The maximum Gasteiger partial charge on any atom is 0.333 e. The van der Waals surface area contributed by atoms with Crippen LogP contribution in [0.4, 0.5) is 0 Å². The van der Waals surface area contributed by atoms with Crippen molar-refractivity contribution in [3.63, 3.8) is 0 Å². The van der Waals surface area contributed by atoms with E-state index in [1.165, 1.54) is 0 Å². The topological polar surface area (TPSA) is 89.5 Å². The Balaban J connectivity index is 1.59. The standard InChI is InChI=1S/C32H39O8P/c1-3-38-41(34,39-4-2)24-29-30(33)32(37-22-27-18-12-7-13-19-27)31(36-21-26-16-10-6-11-17-26)28(40-29)23-35-20-25-14-8-5-9-15-25/h5-19,28-29,31-32H,3-4,20-24H2,1-2H3/t28-,29-,31-,32-/m1/s1. The maximum atomic E-state index is 13.9. The van der Waals surface area contributed by atoms with E-state index in [0.717, 1.165) is 16.7 Å². The molecule has 1 aliphatic rings. The van der Waals surface area contributed by atoms with E-state index >= 15 is 0 Å². The largest absolute Gasteiger partial charge is 0.374 e. The van der Waals surface area contributed by atoms with E-state index in [2.05, 4.69) is 0 Å². The number of carbonyl (C=O) groups excluding carboxylic acids is 1. The summed E-state index contributed by atoms with van der Waals surface area (Å²) in [6.45, 7) is 4.76. The van der Waals surface area contributed by atoms with Gasteiger partial charge < -0.3 is 28.0 Å². The molecule has 3 aromatic rings. The number of carbonyl (C=O) groups is 1. The zero-order valence-electron chi connectivity index (χ0n) is 23.6. The van der Waals surface area contributed by atoms with Gasteiger partial charge in [-0.15, -0.1) is 0 Å². The van der Waals surface area contributed by atoms with Gasteiger partial charge in [-0.2, -0.15) is 0 Å². The third kappa shape index (κ3) is 9.42. The van der Waals surface area contributed by atoms with Crippen LogP contribution in [0.1, 0.15) is 30.5 Å². The van der Waals surface area contributed by atoms with E-state index in [9.17, 15) is 9.36 Å². The zero-order valence-corrected chi connectivity index (χ0v) is 24.5. The Morgan fingerprint density at radius 3 is 1.71 bits per heavy atom. The van der Waals surface area contributed by atoms with Crippen molar-refractivity contribution >= 4 is 13.4 Å². The summed E-state index contributed by atoms with van der Waals surface area (Å²) in [6, 6.07) is 29.1. The van der Waals surface area contributed by atoms with Crippen LogP contribution in [0.25, 0.3) is 0 Å². The lowest BCUT2D eigenvalue weighted by Gasteiger charge is -2.41. The number of Topliss-reactive ketones (excluding diaryl/α,β-unsaturated/α-hetero) is 1. The lowest BCUT2D eigenvalue weighted by Crippen LogP contribution is -2.59. The maximum absolute atomic E-state index is 13.9. The molecule has 0 aromatic heterocycles. The van der Waals surface area contributed by atoms with Crippen LogP contribution in [0.5, 0.6) is 0 Å². The summed E-state index contributed by atoms with van der Waals surface area (Å²) in [5.74, 6) is -0.363. The average molecular weight is 583 g/mol. The molecule has 4 atom stereocenters. The Morgan fingerprint density at radius 1 is 0.707 bits per heavy atom. The monoisotopic (exact) mass is 582 g/mol. The molecule has 0 amide bonds. The zero-order chi connectivity index (χ0) is 28.9. The van der Waals surface area contributed by atoms with Gasteiger partial charge in [-0.25, -0.2) is 0 Å². The van der Waals surface area contributed by atoms with Gasteiger partial charge in [-0.05, 0) is 30.5 Å². The Morgan fingerprint density at radius 2 is 1.20 bits per heavy atom. The molecule has 41 heavy (non-hydrogen) atoms. The minimum absolute atomic E-state index is 0.136. The molecule has 0 radical (unpaired) electrons. The van der Waals surface area contributed by atoms with Gasteiger partial charge in [0.1, 0.15) is 24.4 Å². The fourth-order valence-electron chi connectivity index (χ4n) is 4.67. The minimum atomic E-state index is -3.59. The highest BCUT2D eigenvalue weighted by molar-refractivity contribution is 7.53. The summed E-state index contributed by atoms with van der Waals surface area (Å²) in [5, 5.41) is 0. The summed E-state index contributed by atoms with van der Waals surface area (Å²) in [6.07, 6.45) is -3.74. The molecule has 0 saturated carbocycles. The molecule has 0 aliphatic carbocycles. The van der Waals surface area contributed by atoms with E-state index in [0.29, 0.717) is 6.61 Å². The third-order valence-electron chi connectivity index (χ3n) is 6.59. The van der Waals surface area contributed by atoms with Crippen LogP contribution in [0.3, 0.4) is 0 Å². The Kier molecular flexibility index (Phi) is 12.3. The first kappa shape index (κ1) is 31.3. The molecule has 220 valence electrons. The molecule has 0 unspecified atom stereocenters. The number of rotatable bonds is 16. The SMILES string of the molecule is CCOP(=O)(C[C@H]1O[C@H](COCc2ccccc2)[C@@H](OCc2ccccc2)[C@H](OCc2ccccc2)C1=O)OCC. The van der Waals surface area contributed by atoms with Gasteiger partial charge >= 0.3 is 7.60 Å². The molecule has 4 rings (SSSR count). The van der Waals surface area contributed by atoms with E-state index in [-0.39, 0.29) is 45.0 Å². The highest BCUT2D eigenvalue weighted by Gasteiger charge is 2.49. The second-order valence-corrected chi connectivity index (χ2v) is 11.8. The molecule has 1 saturated heterocycles. The van der Waals surface area contributed by atoms with Crippen LogP contribution in [0, 0.1) is 0 Å². The number of hydrogen-bond acceptors (Lipinski definition) is 8. The van der Waals surface area contributed by atoms with Crippen molar-refractivity contribution in [3.05, 3.63) is 108 Å². The van der Waals surface area contributed by atoms with Gasteiger partial charge in [-0.3, -0.25) is 9.36 Å². The van der Waals surface area contributed by atoms with Crippen molar-refractivity contribution in [2.24, 2.45) is 0 Å². The van der Waals surface area contributed by atoms with Crippen LogP contribution in [-0.2, 0) is 57.2 Å². The lowest BCUT2D eigenvalue weighted by molar-refractivity contribution is -0.211. The van der Waals surface area contributed by atoms with E-state index in [4.69, 9.17) is 28.0 Å². The molecule has 1 heterocycles. The van der Waals surface area contributed by atoms with Crippen LogP contribution < -0.4 is 0 Å². The molecule has 0 N–H and O–H groups in total. The molecular weight excluding hydrogens is 543 g/mol. The quantitative estimate of drug-likeness (QED) is 0.191. The number of ether oxygens (including phenoxy) is 4. The van der Waals surface area contributed by atoms with Crippen LogP contribution in [0.2, 0.25) is 0 Å². The van der Waals surface area contributed by atoms with Crippen molar-refractivity contribution in [2.75, 3.05) is 26.0 Å². The van der Waals surface area contributed by atoms with Gasteiger partial charge in [0.25, 0.3) is 0 Å². The van der Waals surface area contributed by atoms with E-state index in [1.807, 2.05) is 91.0 Å². The summed E-state index contributed by atoms with van der Waals surface area (Å²) in [7, 11) is -3.59. The van der Waals surface area contributed by atoms with Gasteiger partial charge in [-0.1, -0.05) is 91.0 Å². The minimum Gasteiger partial charge on any atom is -0.374 e. The van der Waals surface area contributed by atoms with E-state index < -0.39 is 32.0 Å². The fourth-order valence-corrected chi connectivity index (χ4v) is 6.41. The van der Waals surface area contributed by atoms with Crippen molar-refractivity contribution in [1.29, 1.82) is 0 Å². The van der Waals surface area contributed by atoms with Gasteiger partial charge in [0.05, 0.1) is 45.8 Å². The summed E-state index contributed by atoms with van der Waals surface area (Å²) in [5.41, 5.74) is 2.87. The first-order valence-corrected chi connectivity index (χ1v) is 15.7. The Bertz CT molecular complexity index is 1210. The first-order chi connectivity index (χ1) is 20.0. The summed E-state index contributed by atoms with van der Waals surface area (Å²) >= 11 is 0. The molecular formula is C32H39O8P. The molecule has 9 heteroatoms. The van der Waals surface area contributed by atoms with Gasteiger partial charge in [0, 0.05) is 0 Å². The lowest BCUT2D eigenvalue weighted by atomic mass is 9.96. The number of benzene rings is 3. The third-order valence-corrected chi connectivity index (χ3v) is 8.68. The van der Waals surface area contributed by atoms with Crippen molar-refractivity contribution in [3.8, 4) is 0 Å². The molecule has 8 nitrogen and oxygen atoms in total. The van der Waals surface area contributed by atoms with Crippen LogP contribution in [-0.4, -0.2) is 56.2 Å². The van der Waals surface area contributed by atoms with E-state index in [1.54, 1.807) is 13.8 Å². The predicted octanol–water partition coefficient (Wildman–Crippen LogP) is 5.98. The van der Waals surface area contributed by atoms with Crippen molar-refractivity contribution in [1.82, 2.24) is 0 Å². The highest BCUT2D eigenvalue weighted by atomic mass is 31.2. The highest BCUT2D eigenvalue weighted by Crippen LogP contribution is 2.49. The molecule has 1 fully saturated rings. The normalized spacial score (nSPS) is 21.2. The molecule has 3 aromatic carbocycles. The molecule has 0 bridgehead atoms. The fraction of sp³-hybridized carbons (Fsp3) is 0.406. The molecule has 0 spiro atoms. The van der Waals surface area contributed by atoms with Gasteiger partial charge in [0.2, 0.25) is 0 Å². The van der Waals surface area contributed by atoms with Crippen LogP contribution >= 0.6 is 7.60 Å². The first-order valence-electron chi connectivity index (χ1n) is 14.0. The average Bonchev–Trinajstić information content (AvgIpc) is 2.99. The van der Waals surface area contributed by atoms with Crippen molar-refractivity contribution < 1.29 is 37.4 Å². The smallest absolute Gasteiger partial charge is 0.333 e. The number of hydrogen-bond donors (Lipinski definition) is 0. The molecule has 1 aliphatic heterocycles. The Labute approximate surface area is 242 Å².